The van der Waals surface area contributed by atoms with E-state index in [2.05, 4.69) is 9.71 Å². The first-order valence-corrected chi connectivity index (χ1v) is 11.9. The molecule has 7 heteroatoms. The van der Waals surface area contributed by atoms with Crippen molar-refractivity contribution in [2.24, 2.45) is 7.05 Å². The first kappa shape index (κ1) is 20.9. The van der Waals surface area contributed by atoms with Crippen LogP contribution in [0, 0.1) is 6.92 Å². The summed E-state index contributed by atoms with van der Waals surface area (Å²) in [5, 5.41) is 2.02. The molecule has 0 aliphatic heterocycles. The fourth-order valence-corrected chi connectivity index (χ4v) is 4.97. The summed E-state index contributed by atoms with van der Waals surface area (Å²) < 4.78 is 30.2. The Morgan fingerprint density at radius 3 is 2.21 bits per heavy atom. The number of hydrogen-bond acceptors (Lipinski definition) is 4. The molecule has 1 N–H and O–H groups in total. The molecule has 0 spiro atoms. The van der Waals surface area contributed by atoms with Crippen LogP contribution in [0.15, 0.2) is 94.6 Å². The summed E-state index contributed by atoms with van der Waals surface area (Å²) in [6.07, 6.45) is 0. The number of aromatic nitrogens is 2. The van der Waals surface area contributed by atoms with E-state index in [9.17, 15) is 13.2 Å². The maximum Gasteiger partial charge on any atom is 0.277 e. The molecule has 0 atom stereocenters. The van der Waals surface area contributed by atoms with Crippen molar-refractivity contribution >= 4 is 37.5 Å². The minimum Gasteiger partial charge on any atom is -0.308 e. The average molecular weight is 456 g/mol. The lowest BCUT2D eigenvalue weighted by Crippen LogP contribution is -2.22. The number of anilines is 1. The van der Waals surface area contributed by atoms with Gasteiger partial charge in [-0.3, -0.25) is 9.52 Å². The summed E-state index contributed by atoms with van der Waals surface area (Å²) in [5.41, 5.74) is 2.92. The van der Waals surface area contributed by atoms with Crippen molar-refractivity contribution in [2.45, 2.75) is 11.8 Å². The lowest BCUT2D eigenvalue weighted by atomic mass is 10.1. The van der Waals surface area contributed by atoms with Crippen LogP contribution in [0.25, 0.3) is 33.1 Å². The zero-order valence-electron chi connectivity index (χ0n) is 18.1. The quantitative estimate of drug-likeness (QED) is 0.392. The molecule has 1 aromatic heterocycles. The average Bonchev–Trinajstić information content (AvgIpc) is 2.81. The highest BCUT2D eigenvalue weighted by Gasteiger charge is 2.19. The van der Waals surface area contributed by atoms with Crippen LogP contribution in [0.5, 0.6) is 0 Å². The number of hydrogen-bond donors (Lipinski definition) is 1. The standard InChI is InChI=1S/C26H21N3O3S/c1-17-11-13-20(14-12-17)33(31,32)28-22-10-6-5-9-21(22)25-26(30)29(2)24-16-19-8-4-3-7-18(19)15-23(24)27-25/h3-16,28H,1-2H3. The topological polar surface area (TPSA) is 81.1 Å². The summed E-state index contributed by atoms with van der Waals surface area (Å²) in [5.74, 6) is 0. The van der Waals surface area contributed by atoms with Gasteiger partial charge in [0.05, 0.1) is 21.6 Å². The molecule has 0 bridgehead atoms. The molecule has 5 aromatic rings. The highest BCUT2D eigenvalue weighted by molar-refractivity contribution is 7.92. The second kappa shape index (κ2) is 7.86. The number of nitrogens with one attached hydrogen (secondary N) is 1. The molecule has 0 fully saturated rings. The van der Waals surface area contributed by atoms with Gasteiger partial charge in [-0.2, -0.15) is 0 Å². The SMILES string of the molecule is Cc1ccc(S(=O)(=O)Nc2ccccc2-c2nc3cc4ccccc4cc3n(C)c2=O)cc1. The van der Waals surface area contributed by atoms with E-state index in [-0.39, 0.29) is 16.1 Å². The molecular formula is C26H21N3O3S. The molecule has 0 saturated heterocycles. The van der Waals surface area contributed by atoms with Gasteiger partial charge in [-0.25, -0.2) is 13.4 Å². The van der Waals surface area contributed by atoms with Gasteiger partial charge in [0.2, 0.25) is 0 Å². The molecule has 164 valence electrons. The van der Waals surface area contributed by atoms with Gasteiger partial charge in [-0.05, 0) is 48.0 Å². The van der Waals surface area contributed by atoms with Gasteiger partial charge in [0.15, 0.2) is 0 Å². The number of rotatable bonds is 4. The predicted octanol–water partition coefficient (Wildman–Crippen LogP) is 4.86. The van der Waals surface area contributed by atoms with E-state index < -0.39 is 10.0 Å². The minimum atomic E-state index is -3.84. The Balaban J connectivity index is 1.67. The Bertz CT molecular complexity index is 1690. The Morgan fingerprint density at radius 1 is 0.848 bits per heavy atom. The molecule has 33 heavy (non-hydrogen) atoms. The second-order valence-electron chi connectivity index (χ2n) is 7.98. The fourth-order valence-electron chi connectivity index (χ4n) is 3.89. The van der Waals surface area contributed by atoms with Gasteiger partial charge in [-0.15, -0.1) is 0 Å². The first-order valence-electron chi connectivity index (χ1n) is 10.4. The Morgan fingerprint density at radius 2 is 1.48 bits per heavy atom. The van der Waals surface area contributed by atoms with Gasteiger partial charge in [0.1, 0.15) is 5.69 Å². The third kappa shape index (κ3) is 3.76. The first-order chi connectivity index (χ1) is 15.8. The Kier molecular flexibility index (Phi) is 4.98. The van der Waals surface area contributed by atoms with Crippen LogP contribution >= 0.6 is 0 Å². The Labute approximate surface area is 191 Å². The van der Waals surface area contributed by atoms with Crippen LogP contribution in [0.1, 0.15) is 5.56 Å². The van der Waals surface area contributed by atoms with Crippen LogP contribution in [-0.2, 0) is 17.1 Å². The highest BCUT2D eigenvalue weighted by Crippen LogP contribution is 2.29. The largest absolute Gasteiger partial charge is 0.308 e. The van der Waals surface area contributed by atoms with Crippen molar-refractivity contribution in [2.75, 3.05) is 4.72 Å². The molecule has 4 aromatic carbocycles. The fraction of sp³-hybridized carbons (Fsp3) is 0.0769. The number of benzene rings is 4. The van der Waals surface area contributed by atoms with Gasteiger partial charge >= 0.3 is 0 Å². The highest BCUT2D eigenvalue weighted by atomic mass is 32.2. The van der Waals surface area contributed by atoms with Crippen molar-refractivity contribution in [3.8, 4) is 11.3 Å². The summed E-state index contributed by atoms with van der Waals surface area (Å²) >= 11 is 0. The van der Waals surface area contributed by atoms with Crippen LogP contribution < -0.4 is 10.3 Å². The molecule has 0 radical (unpaired) electrons. The second-order valence-corrected chi connectivity index (χ2v) is 9.66. The van der Waals surface area contributed by atoms with Crippen molar-refractivity contribution in [3.05, 3.63) is 101 Å². The minimum absolute atomic E-state index is 0.147. The lowest BCUT2D eigenvalue weighted by Gasteiger charge is -2.14. The third-order valence-corrected chi connectivity index (χ3v) is 7.08. The smallest absolute Gasteiger partial charge is 0.277 e. The molecule has 0 aliphatic carbocycles. The number of nitrogens with zero attached hydrogens (tertiary/aromatic N) is 2. The van der Waals surface area contributed by atoms with Crippen LogP contribution in [0.4, 0.5) is 5.69 Å². The monoisotopic (exact) mass is 455 g/mol. The maximum atomic E-state index is 13.3. The molecule has 0 saturated carbocycles. The third-order valence-electron chi connectivity index (χ3n) is 5.70. The van der Waals surface area contributed by atoms with E-state index in [0.717, 1.165) is 16.3 Å². The van der Waals surface area contributed by atoms with E-state index in [1.165, 1.54) is 0 Å². The van der Waals surface area contributed by atoms with E-state index in [4.69, 9.17) is 0 Å². The number of sulfonamides is 1. The Hall–Kier alpha value is -3.97. The van der Waals surface area contributed by atoms with Crippen LogP contribution in [0.3, 0.4) is 0 Å². The zero-order valence-corrected chi connectivity index (χ0v) is 18.9. The molecule has 0 unspecified atom stereocenters. The lowest BCUT2D eigenvalue weighted by molar-refractivity contribution is 0.601. The molecular weight excluding hydrogens is 434 g/mol. The molecule has 5 rings (SSSR count). The predicted molar refractivity (Wildman–Crippen MR) is 132 cm³/mol. The van der Waals surface area contributed by atoms with E-state index in [0.29, 0.717) is 22.3 Å². The van der Waals surface area contributed by atoms with Crippen molar-refractivity contribution in [1.29, 1.82) is 0 Å². The van der Waals surface area contributed by atoms with Crippen molar-refractivity contribution in [3.63, 3.8) is 0 Å². The van der Waals surface area contributed by atoms with Gasteiger partial charge in [-0.1, -0.05) is 60.2 Å². The van der Waals surface area contributed by atoms with Crippen molar-refractivity contribution in [1.82, 2.24) is 9.55 Å². The van der Waals surface area contributed by atoms with Gasteiger partial charge < -0.3 is 4.57 Å². The van der Waals surface area contributed by atoms with Gasteiger partial charge in [0, 0.05) is 12.6 Å². The molecule has 1 heterocycles. The number of aryl methyl sites for hydroxylation is 2. The van der Waals surface area contributed by atoms with E-state index in [1.54, 1.807) is 60.1 Å². The maximum absolute atomic E-state index is 13.3. The summed E-state index contributed by atoms with van der Waals surface area (Å²) in [4.78, 5) is 18.1. The summed E-state index contributed by atoms with van der Waals surface area (Å²) in [6, 6.07) is 25.1. The number of para-hydroxylation sites is 1. The normalized spacial score (nSPS) is 11.7. The molecule has 0 aliphatic rings. The molecule has 6 nitrogen and oxygen atoms in total. The van der Waals surface area contributed by atoms with Crippen LogP contribution in [-0.4, -0.2) is 18.0 Å². The zero-order chi connectivity index (χ0) is 23.2. The van der Waals surface area contributed by atoms with E-state index in [1.807, 2.05) is 43.3 Å². The van der Waals surface area contributed by atoms with Crippen LogP contribution in [0.2, 0.25) is 0 Å². The molecule has 0 amide bonds. The van der Waals surface area contributed by atoms with Crippen molar-refractivity contribution < 1.29 is 8.42 Å². The number of fused-ring (bicyclic) bond motifs is 2. The van der Waals surface area contributed by atoms with E-state index >= 15 is 0 Å². The summed E-state index contributed by atoms with van der Waals surface area (Å²) in [7, 11) is -2.14. The summed E-state index contributed by atoms with van der Waals surface area (Å²) in [6.45, 7) is 1.89. The van der Waals surface area contributed by atoms with Gasteiger partial charge in [0.25, 0.3) is 15.6 Å².